The maximum absolute atomic E-state index is 14.5. The largest absolute Gasteiger partial charge is 0.372 e. The van der Waals surface area contributed by atoms with Crippen LogP contribution in [0.1, 0.15) is 11.8 Å². The molecule has 6 nitrogen and oxygen atoms in total. The van der Waals surface area contributed by atoms with E-state index in [0.29, 0.717) is 20.8 Å². The van der Waals surface area contributed by atoms with E-state index >= 15 is 0 Å². The maximum Gasteiger partial charge on any atom is 0.263 e. The van der Waals surface area contributed by atoms with Crippen LogP contribution in [0.15, 0.2) is 33.8 Å². The van der Waals surface area contributed by atoms with Gasteiger partial charge in [-0.25, -0.2) is 18.2 Å². The van der Waals surface area contributed by atoms with Crippen molar-refractivity contribution in [2.24, 2.45) is 0 Å². The van der Waals surface area contributed by atoms with Gasteiger partial charge in [0.1, 0.15) is 22.9 Å². The summed E-state index contributed by atoms with van der Waals surface area (Å²) in [5.74, 6) is 4.49. The molecule has 1 amide bonds. The van der Waals surface area contributed by atoms with E-state index < -0.39 is 28.6 Å². The molecule has 0 bridgehead atoms. The second-order valence-electron chi connectivity index (χ2n) is 8.66. The molecular formula is C23H17BrF3N3O3S. The summed E-state index contributed by atoms with van der Waals surface area (Å²) < 4.78 is 48.4. The van der Waals surface area contributed by atoms with Gasteiger partial charge in [0.05, 0.1) is 47.4 Å². The summed E-state index contributed by atoms with van der Waals surface area (Å²) in [7, 11) is 0. The first-order chi connectivity index (χ1) is 16.1. The number of amides is 1. The summed E-state index contributed by atoms with van der Waals surface area (Å²) >= 11 is 4.26. The van der Waals surface area contributed by atoms with Crippen molar-refractivity contribution in [3.05, 3.63) is 50.0 Å². The normalized spacial score (nSPS) is 18.1. The van der Waals surface area contributed by atoms with Gasteiger partial charge in [0.25, 0.3) is 5.56 Å². The van der Waals surface area contributed by atoms with Gasteiger partial charge in [-0.3, -0.25) is 14.2 Å². The Labute approximate surface area is 204 Å². The number of carbonyl (C=O) groups excluding carboxylic acids is 1. The molecule has 0 saturated carbocycles. The molecule has 2 aliphatic rings. The van der Waals surface area contributed by atoms with E-state index in [2.05, 4.69) is 32.8 Å². The van der Waals surface area contributed by atoms with Crippen molar-refractivity contribution in [1.29, 1.82) is 0 Å². The highest BCUT2D eigenvalue weighted by atomic mass is 79.9. The maximum atomic E-state index is 14.5. The molecule has 3 aromatic rings. The fourth-order valence-electron chi connectivity index (χ4n) is 3.85. The van der Waals surface area contributed by atoms with Gasteiger partial charge in [0.2, 0.25) is 11.6 Å². The van der Waals surface area contributed by atoms with Crippen molar-refractivity contribution < 1.29 is 22.7 Å². The van der Waals surface area contributed by atoms with E-state index in [0.717, 1.165) is 15.9 Å². The summed E-state index contributed by atoms with van der Waals surface area (Å²) in [5, 5.41) is 0.194. The van der Waals surface area contributed by atoms with Gasteiger partial charge < -0.3 is 9.64 Å². The van der Waals surface area contributed by atoms with Crippen LogP contribution in [0.3, 0.4) is 0 Å². The van der Waals surface area contributed by atoms with Crippen LogP contribution in [0.5, 0.6) is 0 Å². The lowest BCUT2D eigenvalue weighted by atomic mass is 9.99. The van der Waals surface area contributed by atoms with Gasteiger partial charge in [-0.05, 0) is 40.5 Å². The molecule has 0 aliphatic carbocycles. The Balaban J connectivity index is 1.61. The predicted molar refractivity (Wildman–Crippen MR) is 125 cm³/mol. The second kappa shape index (κ2) is 8.22. The molecule has 0 atom stereocenters. The van der Waals surface area contributed by atoms with Crippen LogP contribution < -0.4 is 5.56 Å². The average molecular weight is 552 g/mol. The number of aromatic nitrogens is 2. The molecule has 34 heavy (non-hydrogen) atoms. The first-order valence-electron chi connectivity index (χ1n) is 10.3. The summed E-state index contributed by atoms with van der Waals surface area (Å²) in [6.45, 7) is 0.783. The molecule has 5 rings (SSSR count). The number of ether oxygens (including phenoxy) is 1. The van der Waals surface area contributed by atoms with Crippen LogP contribution in [0.2, 0.25) is 0 Å². The van der Waals surface area contributed by atoms with Gasteiger partial charge in [-0.1, -0.05) is 17.9 Å². The molecule has 1 aromatic carbocycles. The van der Waals surface area contributed by atoms with Crippen LogP contribution in [0, 0.1) is 17.7 Å². The van der Waals surface area contributed by atoms with E-state index in [4.69, 9.17) is 4.74 Å². The minimum Gasteiger partial charge on any atom is -0.372 e. The van der Waals surface area contributed by atoms with E-state index in [9.17, 15) is 22.8 Å². The Hall–Kier alpha value is -2.68. The smallest absolute Gasteiger partial charge is 0.263 e. The number of alkyl halides is 2. The summed E-state index contributed by atoms with van der Waals surface area (Å²) in [5.41, 5.74) is -2.81. The van der Waals surface area contributed by atoms with Gasteiger partial charge >= 0.3 is 0 Å². The predicted octanol–water partition coefficient (Wildman–Crippen LogP) is 3.69. The first kappa shape index (κ1) is 23.1. The number of likely N-dealkylation sites (tertiary alicyclic amines) is 1. The molecule has 0 spiro atoms. The molecule has 0 N–H and O–H groups in total. The second-order valence-corrected chi connectivity index (χ2v) is 10.5. The van der Waals surface area contributed by atoms with Gasteiger partial charge in [-0.15, -0.1) is 11.3 Å². The van der Waals surface area contributed by atoms with Gasteiger partial charge in [0, 0.05) is 5.56 Å². The first-order valence-corrected chi connectivity index (χ1v) is 11.9. The van der Waals surface area contributed by atoms with Crippen LogP contribution in [-0.4, -0.2) is 58.0 Å². The Morgan fingerprint density at radius 2 is 2.06 bits per heavy atom. The number of thiophene rings is 1. The van der Waals surface area contributed by atoms with Crippen LogP contribution in [0.4, 0.5) is 13.2 Å². The third-order valence-corrected chi connectivity index (χ3v) is 7.27. The fourth-order valence-corrected chi connectivity index (χ4v) is 5.24. The third-order valence-electron chi connectivity index (χ3n) is 5.65. The number of hydrogen-bond acceptors (Lipinski definition) is 5. The minimum absolute atomic E-state index is 0.0298. The van der Waals surface area contributed by atoms with Gasteiger partial charge in [-0.2, -0.15) is 0 Å². The topological polar surface area (TPSA) is 64.4 Å². The molecule has 2 fully saturated rings. The zero-order chi connectivity index (χ0) is 24.3. The Kier molecular flexibility index (Phi) is 5.58. The molecular weight excluding hydrogens is 535 g/mol. The molecule has 4 heterocycles. The lowest BCUT2D eigenvalue weighted by molar-refractivity contribution is -0.144. The number of halogens is 4. The Morgan fingerprint density at radius 1 is 1.32 bits per heavy atom. The van der Waals surface area contributed by atoms with Crippen LogP contribution >= 0.6 is 27.3 Å². The van der Waals surface area contributed by atoms with Gasteiger partial charge in [0.15, 0.2) is 0 Å². The van der Waals surface area contributed by atoms with E-state index in [-0.39, 0.29) is 42.7 Å². The van der Waals surface area contributed by atoms with Crippen molar-refractivity contribution in [1.82, 2.24) is 14.5 Å². The zero-order valence-corrected chi connectivity index (χ0v) is 20.2. The highest BCUT2D eigenvalue weighted by molar-refractivity contribution is 9.10. The number of fused-ring (bicyclic) bond motifs is 1. The Bertz CT molecular complexity index is 1440. The standard InChI is InChI=1S/C23H17BrF3N3O3S/c1-22(26)8-30(9-22)17(31)7-29-12-28-20-19(21(29)32)18(13-2-3-15(25)14(24)6-13)16(34-20)4-5-23(27)10-33-11-23/h2-3,6,12H,7-11H2,1H3. The minimum atomic E-state index is -1.76. The number of rotatable bonds is 3. The molecule has 11 heteroatoms. The number of nitrogens with zero attached hydrogens (tertiary/aromatic N) is 3. The van der Waals surface area contributed by atoms with Crippen molar-refractivity contribution in [2.45, 2.75) is 24.8 Å². The van der Waals surface area contributed by atoms with Crippen molar-refractivity contribution in [2.75, 3.05) is 26.3 Å². The lowest BCUT2D eigenvalue weighted by Crippen LogP contribution is -2.60. The highest BCUT2D eigenvalue weighted by Crippen LogP contribution is 2.37. The lowest BCUT2D eigenvalue weighted by Gasteiger charge is -2.42. The SMILES string of the molecule is CC1(F)CN(C(=O)Cn2cnc3sc(C#CC4(F)COC4)c(-c4ccc(F)c(Br)c4)c3c2=O)C1. The highest BCUT2D eigenvalue weighted by Gasteiger charge is 2.41. The van der Waals surface area contributed by atoms with Crippen molar-refractivity contribution in [3.63, 3.8) is 0 Å². The monoisotopic (exact) mass is 551 g/mol. The fraction of sp³-hybridized carbons (Fsp3) is 0.348. The molecule has 0 radical (unpaired) electrons. The molecule has 176 valence electrons. The molecule has 2 aromatic heterocycles. The van der Waals surface area contributed by atoms with E-state index in [1.54, 1.807) is 0 Å². The van der Waals surface area contributed by atoms with E-state index in [1.807, 2.05) is 0 Å². The quantitative estimate of drug-likeness (QED) is 0.466. The number of benzene rings is 1. The van der Waals surface area contributed by atoms with E-state index in [1.165, 1.54) is 36.4 Å². The average Bonchev–Trinajstić information content (AvgIpc) is 3.12. The molecule has 2 aliphatic heterocycles. The van der Waals surface area contributed by atoms with Crippen LogP contribution in [0.25, 0.3) is 21.3 Å². The zero-order valence-electron chi connectivity index (χ0n) is 17.8. The Morgan fingerprint density at radius 3 is 2.68 bits per heavy atom. The van der Waals surface area contributed by atoms with Crippen LogP contribution in [-0.2, 0) is 16.1 Å². The molecule has 2 saturated heterocycles. The van der Waals surface area contributed by atoms with Crippen molar-refractivity contribution in [3.8, 4) is 23.0 Å². The summed E-state index contributed by atoms with van der Waals surface area (Å²) in [6, 6.07) is 4.24. The summed E-state index contributed by atoms with van der Waals surface area (Å²) in [4.78, 5) is 32.3. The number of hydrogen-bond donors (Lipinski definition) is 0. The third kappa shape index (κ3) is 4.15. The number of carbonyl (C=O) groups is 1. The van der Waals surface area contributed by atoms with Crippen molar-refractivity contribution >= 4 is 43.4 Å². The molecule has 0 unspecified atom stereocenters. The summed E-state index contributed by atoms with van der Waals surface area (Å²) in [6.07, 6.45) is 1.26.